The number of aliphatic hydroxyl groups is 1. The van der Waals surface area contributed by atoms with E-state index in [2.05, 4.69) is 50.0 Å². The number of hydrogen-bond donors (Lipinski definition) is 2. The van der Waals surface area contributed by atoms with Crippen molar-refractivity contribution in [2.24, 2.45) is 0 Å². The zero-order valence-corrected chi connectivity index (χ0v) is 16.2. The molecule has 0 radical (unpaired) electrons. The highest BCUT2D eigenvalue weighted by Crippen LogP contribution is 2.40. The molecule has 0 aromatic heterocycles. The van der Waals surface area contributed by atoms with Crippen LogP contribution in [-0.4, -0.2) is 24.8 Å². The molecule has 25 heavy (non-hydrogen) atoms. The normalized spacial score (nSPS) is 11.7. The van der Waals surface area contributed by atoms with Gasteiger partial charge in [-0.25, -0.2) is 0 Å². The third-order valence-electron chi connectivity index (χ3n) is 4.92. The standard InChI is InChI=1S/C22H28O2Si/c1-22(2,18-12-4-3-5-13-19-23)25(24,20-14-8-6-9-15-20)21-16-10-7-11-17-21/h6-11,14-17,23-24H,3-4,12,18-19H2,1-2H3. The molecule has 2 nitrogen and oxygen atoms in total. The van der Waals surface area contributed by atoms with Gasteiger partial charge in [-0.1, -0.05) is 86.9 Å². The first-order valence-electron chi connectivity index (χ1n) is 8.92. The van der Waals surface area contributed by atoms with Crippen molar-refractivity contribution in [3.63, 3.8) is 0 Å². The fraction of sp³-hybridized carbons (Fsp3) is 0.364. The summed E-state index contributed by atoms with van der Waals surface area (Å²) in [6.45, 7) is 4.32. The van der Waals surface area contributed by atoms with Gasteiger partial charge in [0.05, 0.1) is 0 Å². The van der Waals surface area contributed by atoms with Gasteiger partial charge in [0.2, 0.25) is 0 Å². The number of aliphatic hydroxyl groups excluding tert-OH is 1. The Labute approximate surface area is 152 Å². The Morgan fingerprint density at radius 1 is 0.840 bits per heavy atom. The molecule has 0 saturated carbocycles. The third-order valence-corrected chi connectivity index (χ3v) is 9.47. The molecular weight excluding hydrogens is 324 g/mol. The van der Waals surface area contributed by atoms with Crippen molar-refractivity contribution in [1.29, 1.82) is 0 Å². The maximum atomic E-state index is 12.0. The van der Waals surface area contributed by atoms with Crippen molar-refractivity contribution in [3.8, 4) is 11.8 Å². The van der Waals surface area contributed by atoms with Crippen LogP contribution in [0, 0.1) is 11.8 Å². The van der Waals surface area contributed by atoms with Gasteiger partial charge >= 0.3 is 0 Å². The van der Waals surface area contributed by atoms with Crippen LogP contribution in [0.25, 0.3) is 0 Å². The summed E-state index contributed by atoms with van der Waals surface area (Å²) >= 11 is 0. The summed E-state index contributed by atoms with van der Waals surface area (Å²) in [5.41, 5.74) is 0. The molecular formula is C22H28O2Si. The van der Waals surface area contributed by atoms with E-state index in [0.29, 0.717) is 0 Å². The van der Waals surface area contributed by atoms with Gasteiger partial charge in [0.15, 0.2) is 0 Å². The molecule has 0 spiro atoms. The van der Waals surface area contributed by atoms with Gasteiger partial charge < -0.3 is 9.90 Å². The summed E-state index contributed by atoms with van der Waals surface area (Å²) in [4.78, 5) is 12.0. The van der Waals surface area contributed by atoms with Crippen LogP contribution >= 0.6 is 0 Å². The number of rotatable bonds is 7. The van der Waals surface area contributed by atoms with E-state index in [9.17, 15) is 4.80 Å². The second kappa shape index (κ2) is 9.01. The lowest BCUT2D eigenvalue weighted by Crippen LogP contribution is -2.65. The van der Waals surface area contributed by atoms with Crippen molar-refractivity contribution >= 4 is 18.7 Å². The fourth-order valence-corrected chi connectivity index (χ4v) is 7.20. The van der Waals surface area contributed by atoms with Crippen LogP contribution in [0.5, 0.6) is 0 Å². The average molecular weight is 353 g/mol. The highest BCUT2D eigenvalue weighted by Gasteiger charge is 2.49. The minimum absolute atomic E-state index is 0.0693. The highest BCUT2D eigenvalue weighted by atomic mass is 28.4. The molecule has 0 aliphatic rings. The van der Waals surface area contributed by atoms with Crippen LogP contribution in [0.4, 0.5) is 0 Å². The van der Waals surface area contributed by atoms with Crippen LogP contribution in [0.3, 0.4) is 0 Å². The highest BCUT2D eigenvalue weighted by molar-refractivity contribution is 6.98. The maximum absolute atomic E-state index is 12.0. The predicted octanol–water partition coefficient (Wildman–Crippen LogP) is 3.07. The Morgan fingerprint density at radius 2 is 1.36 bits per heavy atom. The van der Waals surface area contributed by atoms with Crippen molar-refractivity contribution < 1.29 is 9.90 Å². The predicted molar refractivity (Wildman–Crippen MR) is 107 cm³/mol. The molecule has 0 unspecified atom stereocenters. The minimum Gasteiger partial charge on any atom is -0.424 e. The van der Waals surface area contributed by atoms with Crippen LogP contribution in [-0.2, 0) is 0 Å². The van der Waals surface area contributed by atoms with E-state index in [4.69, 9.17) is 5.11 Å². The Kier molecular flexibility index (Phi) is 7.01. The largest absolute Gasteiger partial charge is 0.424 e. The summed E-state index contributed by atoms with van der Waals surface area (Å²) < 4.78 is 0. The van der Waals surface area contributed by atoms with E-state index in [1.165, 1.54) is 0 Å². The van der Waals surface area contributed by atoms with Crippen molar-refractivity contribution in [1.82, 2.24) is 0 Å². The van der Waals surface area contributed by atoms with Gasteiger partial charge in [-0.3, -0.25) is 0 Å². The topological polar surface area (TPSA) is 40.5 Å². The second-order valence-electron chi connectivity index (χ2n) is 7.05. The van der Waals surface area contributed by atoms with Crippen LogP contribution in [0.15, 0.2) is 60.7 Å². The molecule has 0 saturated heterocycles. The Hall–Kier alpha value is -1.86. The first-order valence-corrected chi connectivity index (χ1v) is 10.9. The van der Waals surface area contributed by atoms with Crippen molar-refractivity contribution in [2.75, 3.05) is 6.61 Å². The van der Waals surface area contributed by atoms with E-state index in [0.717, 1.165) is 36.1 Å². The van der Waals surface area contributed by atoms with Crippen molar-refractivity contribution in [2.45, 2.75) is 44.6 Å². The van der Waals surface area contributed by atoms with Crippen molar-refractivity contribution in [3.05, 3.63) is 60.7 Å². The van der Waals surface area contributed by atoms with E-state index in [1.54, 1.807) is 0 Å². The molecule has 0 atom stereocenters. The summed E-state index contributed by atoms with van der Waals surface area (Å²) in [6, 6.07) is 20.3. The number of benzene rings is 2. The first-order chi connectivity index (χ1) is 12.0. The lowest BCUT2D eigenvalue weighted by Gasteiger charge is -2.41. The van der Waals surface area contributed by atoms with E-state index in [1.807, 2.05) is 36.4 Å². The van der Waals surface area contributed by atoms with Gasteiger partial charge in [-0.05, 0) is 28.3 Å². The smallest absolute Gasteiger partial charge is 0.258 e. The van der Waals surface area contributed by atoms with Crippen LogP contribution in [0.2, 0.25) is 5.04 Å². The maximum Gasteiger partial charge on any atom is 0.258 e. The molecule has 0 amide bonds. The van der Waals surface area contributed by atoms with E-state index >= 15 is 0 Å². The zero-order valence-electron chi connectivity index (χ0n) is 15.2. The quantitative estimate of drug-likeness (QED) is 0.457. The van der Waals surface area contributed by atoms with Crippen LogP contribution in [0.1, 0.15) is 39.5 Å². The first kappa shape index (κ1) is 19.5. The molecule has 0 heterocycles. The minimum atomic E-state index is -2.88. The van der Waals surface area contributed by atoms with Gasteiger partial charge in [0.25, 0.3) is 8.32 Å². The van der Waals surface area contributed by atoms with Gasteiger partial charge in [-0.2, -0.15) is 0 Å². The monoisotopic (exact) mass is 352 g/mol. The van der Waals surface area contributed by atoms with Crippen LogP contribution < -0.4 is 10.4 Å². The molecule has 3 heteroatoms. The zero-order chi connectivity index (χ0) is 18.2. The second-order valence-corrected chi connectivity index (χ2v) is 11.0. The van der Waals surface area contributed by atoms with Gasteiger partial charge in [-0.15, -0.1) is 5.92 Å². The molecule has 132 valence electrons. The average Bonchev–Trinajstić information content (AvgIpc) is 2.65. The molecule has 0 fully saturated rings. The van der Waals surface area contributed by atoms with Gasteiger partial charge in [0, 0.05) is 6.42 Å². The lowest BCUT2D eigenvalue weighted by atomic mass is 10.0. The summed E-state index contributed by atoms with van der Waals surface area (Å²) in [5.74, 6) is 5.66. The third kappa shape index (κ3) is 4.61. The molecule has 2 rings (SSSR count). The van der Waals surface area contributed by atoms with E-state index in [-0.39, 0.29) is 11.6 Å². The Balaban J connectivity index is 2.26. The fourth-order valence-electron chi connectivity index (χ4n) is 3.41. The van der Waals surface area contributed by atoms with Gasteiger partial charge in [0.1, 0.15) is 6.61 Å². The number of unbranched alkanes of at least 4 members (excludes halogenated alkanes) is 2. The summed E-state index contributed by atoms with van der Waals surface area (Å²) in [6.07, 6.45) is 3.75. The number of hydrogen-bond acceptors (Lipinski definition) is 2. The molecule has 2 aromatic rings. The molecule has 0 bridgehead atoms. The van der Waals surface area contributed by atoms with E-state index < -0.39 is 8.32 Å². The Morgan fingerprint density at radius 3 is 1.84 bits per heavy atom. The Bertz CT molecular complexity index is 660. The molecule has 2 aromatic carbocycles. The lowest BCUT2D eigenvalue weighted by molar-refractivity contribution is 0.350. The SMILES string of the molecule is CC(C)(CCCCC#CCO)[Si](O)(c1ccccc1)c1ccccc1. The summed E-state index contributed by atoms with van der Waals surface area (Å²) in [7, 11) is -2.88. The molecule has 0 aliphatic heterocycles. The summed E-state index contributed by atoms with van der Waals surface area (Å²) in [5, 5.41) is 10.6. The molecule has 0 aliphatic carbocycles. The molecule has 2 N–H and O–H groups in total.